The zero-order valence-electron chi connectivity index (χ0n) is 13.6. The Morgan fingerprint density at radius 1 is 1.04 bits per heavy atom. The van der Waals surface area contributed by atoms with Crippen molar-refractivity contribution in [3.8, 4) is 0 Å². The van der Waals surface area contributed by atoms with Gasteiger partial charge in [0.2, 0.25) is 0 Å². The highest BCUT2D eigenvalue weighted by molar-refractivity contribution is 7.99. The summed E-state index contributed by atoms with van der Waals surface area (Å²) < 4.78 is 5.66. The van der Waals surface area contributed by atoms with Crippen molar-refractivity contribution in [2.45, 2.75) is 16.9 Å². The Morgan fingerprint density at radius 2 is 1.80 bits per heavy atom. The van der Waals surface area contributed by atoms with Gasteiger partial charge in [-0.05, 0) is 43.3 Å². The zero-order chi connectivity index (χ0) is 17.5. The van der Waals surface area contributed by atoms with Crippen LogP contribution in [0.5, 0.6) is 0 Å². The van der Waals surface area contributed by atoms with Gasteiger partial charge >= 0.3 is 6.03 Å². The summed E-state index contributed by atoms with van der Waals surface area (Å²) in [6.45, 7) is 2.05. The number of para-hydroxylation sites is 1. The van der Waals surface area contributed by atoms with Crippen LogP contribution in [0.2, 0.25) is 0 Å². The molecule has 1 aromatic heterocycles. The highest BCUT2D eigenvalue weighted by Gasteiger charge is 2.03. The van der Waals surface area contributed by atoms with Crippen LogP contribution in [0.4, 0.5) is 10.5 Å². The van der Waals surface area contributed by atoms with Gasteiger partial charge in [0.15, 0.2) is 5.09 Å². The van der Waals surface area contributed by atoms with Crippen molar-refractivity contribution < 1.29 is 9.21 Å². The number of furan rings is 1. The third-order valence-electron chi connectivity index (χ3n) is 3.23. The molecule has 0 fully saturated rings. The van der Waals surface area contributed by atoms with Gasteiger partial charge in [-0.15, -0.1) is 0 Å². The largest absolute Gasteiger partial charge is 0.448 e. The third kappa shape index (κ3) is 5.26. The molecule has 126 valence electrons. The second-order valence-corrected chi connectivity index (χ2v) is 6.34. The van der Waals surface area contributed by atoms with Gasteiger partial charge < -0.3 is 9.73 Å². The normalized spacial score (nSPS) is 10.8. The highest BCUT2D eigenvalue weighted by atomic mass is 32.2. The number of carbonyl (C=O) groups excluding carboxylic acids is 1. The van der Waals surface area contributed by atoms with E-state index in [1.54, 1.807) is 18.2 Å². The Kier molecular flexibility index (Phi) is 5.53. The lowest BCUT2D eigenvalue weighted by Crippen LogP contribution is -2.24. The van der Waals surface area contributed by atoms with Gasteiger partial charge in [0.1, 0.15) is 5.76 Å². The maximum absolute atomic E-state index is 11.7. The summed E-state index contributed by atoms with van der Waals surface area (Å²) in [5, 5.41) is 7.31. The number of hydrazone groups is 1. The summed E-state index contributed by atoms with van der Waals surface area (Å²) >= 11 is 1.53. The molecule has 0 atom stereocenters. The lowest BCUT2D eigenvalue weighted by molar-refractivity contribution is 0.252. The lowest BCUT2D eigenvalue weighted by atomic mass is 10.2. The quantitative estimate of drug-likeness (QED) is 0.508. The van der Waals surface area contributed by atoms with Crippen LogP contribution >= 0.6 is 11.8 Å². The number of aryl methyl sites for hydroxylation is 1. The Labute approximate surface area is 150 Å². The number of urea groups is 1. The van der Waals surface area contributed by atoms with E-state index in [0.29, 0.717) is 11.4 Å². The summed E-state index contributed by atoms with van der Waals surface area (Å²) in [5.41, 5.74) is 4.32. The van der Waals surface area contributed by atoms with Gasteiger partial charge in [0.05, 0.1) is 6.21 Å². The molecule has 0 radical (unpaired) electrons. The Balaban J connectivity index is 1.51. The topological polar surface area (TPSA) is 66.6 Å². The third-order valence-corrected chi connectivity index (χ3v) is 4.16. The van der Waals surface area contributed by atoms with E-state index in [1.807, 2.05) is 36.4 Å². The molecule has 5 nitrogen and oxygen atoms in total. The van der Waals surface area contributed by atoms with Crippen LogP contribution in [-0.4, -0.2) is 12.2 Å². The summed E-state index contributed by atoms with van der Waals surface area (Å²) in [4.78, 5) is 12.8. The van der Waals surface area contributed by atoms with Gasteiger partial charge in [-0.3, -0.25) is 0 Å². The summed E-state index contributed by atoms with van der Waals surface area (Å²) in [7, 11) is 0. The van der Waals surface area contributed by atoms with Crippen LogP contribution in [0.1, 0.15) is 11.3 Å². The summed E-state index contributed by atoms with van der Waals surface area (Å²) in [5.74, 6) is 0.564. The maximum atomic E-state index is 11.7. The number of hydrogen-bond acceptors (Lipinski definition) is 4. The van der Waals surface area contributed by atoms with Crippen molar-refractivity contribution in [1.29, 1.82) is 0 Å². The molecule has 2 N–H and O–H groups in total. The molecule has 3 aromatic rings. The van der Waals surface area contributed by atoms with Crippen LogP contribution < -0.4 is 10.7 Å². The van der Waals surface area contributed by atoms with E-state index in [-0.39, 0.29) is 0 Å². The van der Waals surface area contributed by atoms with Crippen molar-refractivity contribution in [3.63, 3.8) is 0 Å². The smallest absolute Gasteiger partial charge is 0.339 e. The fraction of sp³-hybridized carbons (Fsp3) is 0.0526. The fourth-order valence-electron chi connectivity index (χ4n) is 2.02. The average molecular weight is 351 g/mol. The molecule has 0 bridgehead atoms. The minimum absolute atomic E-state index is 0.414. The number of nitrogens with zero attached hydrogens (tertiary/aromatic N) is 1. The van der Waals surface area contributed by atoms with Gasteiger partial charge in [-0.25, -0.2) is 10.2 Å². The molecule has 1 heterocycles. The molecule has 2 amide bonds. The SMILES string of the molecule is Cc1ccc(Sc2ccc(C=NNC(=O)Nc3ccccc3)o2)cc1. The number of carbonyl (C=O) groups is 1. The molecule has 0 aliphatic heterocycles. The van der Waals surface area contributed by atoms with E-state index in [2.05, 4.69) is 34.9 Å². The molecular weight excluding hydrogens is 334 g/mol. The maximum Gasteiger partial charge on any atom is 0.339 e. The Morgan fingerprint density at radius 3 is 2.56 bits per heavy atom. The molecule has 0 saturated heterocycles. The van der Waals surface area contributed by atoms with Gasteiger partial charge in [0, 0.05) is 10.6 Å². The van der Waals surface area contributed by atoms with Gasteiger partial charge in [-0.1, -0.05) is 47.7 Å². The number of hydrogen-bond donors (Lipinski definition) is 2. The monoisotopic (exact) mass is 351 g/mol. The van der Waals surface area contributed by atoms with Gasteiger partial charge in [-0.2, -0.15) is 5.10 Å². The van der Waals surface area contributed by atoms with Crippen LogP contribution in [-0.2, 0) is 0 Å². The van der Waals surface area contributed by atoms with E-state index in [9.17, 15) is 4.79 Å². The van der Waals surface area contributed by atoms with Crippen molar-refractivity contribution in [1.82, 2.24) is 5.43 Å². The molecule has 0 spiro atoms. The Bertz CT molecular complexity index is 858. The molecule has 3 rings (SSSR count). The minimum atomic E-state index is -0.414. The fourth-order valence-corrected chi connectivity index (χ4v) is 2.79. The first-order valence-electron chi connectivity index (χ1n) is 7.68. The van der Waals surface area contributed by atoms with Gasteiger partial charge in [0.25, 0.3) is 0 Å². The Hall–Kier alpha value is -2.99. The van der Waals surface area contributed by atoms with Crippen molar-refractivity contribution in [2.24, 2.45) is 5.10 Å². The van der Waals surface area contributed by atoms with Crippen LogP contribution in [0.3, 0.4) is 0 Å². The first-order chi connectivity index (χ1) is 12.2. The number of nitrogens with one attached hydrogen (secondary N) is 2. The molecule has 0 aliphatic rings. The standard InChI is InChI=1S/C19H17N3O2S/c1-14-7-10-17(11-8-14)25-18-12-9-16(24-18)13-20-22-19(23)21-15-5-3-2-4-6-15/h2-13H,1H3,(H2,21,22,23). The number of benzene rings is 2. The average Bonchev–Trinajstić information content (AvgIpc) is 3.05. The minimum Gasteiger partial charge on any atom is -0.448 e. The van der Waals surface area contributed by atoms with E-state index in [0.717, 1.165) is 9.99 Å². The number of amides is 2. The predicted molar refractivity (Wildman–Crippen MR) is 100 cm³/mol. The van der Waals surface area contributed by atoms with Crippen LogP contribution in [0.15, 0.2) is 86.2 Å². The predicted octanol–water partition coefficient (Wildman–Crippen LogP) is 4.89. The van der Waals surface area contributed by atoms with Crippen LogP contribution in [0, 0.1) is 6.92 Å². The first-order valence-corrected chi connectivity index (χ1v) is 8.50. The molecular formula is C19H17N3O2S. The summed E-state index contributed by atoms with van der Waals surface area (Å²) in [6, 6.07) is 20.6. The van der Waals surface area contributed by atoms with Crippen molar-refractivity contribution in [3.05, 3.63) is 78.1 Å². The lowest BCUT2D eigenvalue weighted by Gasteiger charge is -2.02. The highest BCUT2D eigenvalue weighted by Crippen LogP contribution is 2.28. The molecule has 0 aliphatic carbocycles. The second-order valence-electron chi connectivity index (χ2n) is 5.26. The summed E-state index contributed by atoms with van der Waals surface area (Å²) in [6.07, 6.45) is 1.46. The van der Waals surface area contributed by atoms with E-state index >= 15 is 0 Å². The number of rotatable bonds is 5. The molecule has 0 unspecified atom stereocenters. The molecule has 2 aromatic carbocycles. The van der Waals surface area contributed by atoms with E-state index in [4.69, 9.17) is 4.42 Å². The molecule has 6 heteroatoms. The van der Waals surface area contributed by atoms with E-state index in [1.165, 1.54) is 23.5 Å². The van der Waals surface area contributed by atoms with E-state index < -0.39 is 6.03 Å². The second kappa shape index (κ2) is 8.21. The molecule has 0 saturated carbocycles. The zero-order valence-corrected chi connectivity index (χ0v) is 14.4. The first kappa shape index (κ1) is 16.9. The van der Waals surface area contributed by atoms with Crippen LogP contribution in [0.25, 0.3) is 0 Å². The number of anilines is 1. The van der Waals surface area contributed by atoms with Crippen molar-refractivity contribution in [2.75, 3.05) is 5.32 Å². The molecule has 25 heavy (non-hydrogen) atoms. The van der Waals surface area contributed by atoms with Crippen molar-refractivity contribution >= 4 is 29.7 Å².